The van der Waals surface area contributed by atoms with Gasteiger partial charge in [0.15, 0.2) is 0 Å². The van der Waals surface area contributed by atoms with Gasteiger partial charge in [0.05, 0.1) is 23.6 Å². The van der Waals surface area contributed by atoms with E-state index in [-0.39, 0.29) is 24.1 Å². The predicted molar refractivity (Wildman–Crippen MR) is 143 cm³/mol. The smallest absolute Gasteiger partial charge is 0.307 e. The highest BCUT2D eigenvalue weighted by Gasteiger charge is 2.43. The number of halogens is 3. The Morgan fingerprint density at radius 2 is 1.88 bits per heavy atom. The van der Waals surface area contributed by atoms with Crippen LogP contribution in [0.2, 0.25) is 5.02 Å². The quantitative estimate of drug-likeness (QED) is 0.297. The Balaban J connectivity index is 1.73. The second-order valence-electron chi connectivity index (χ2n) is 10.6. The van der Waals surface area contributed by atoms with Crippen LogP contribution < -0.4 is 16.3 Å². The summed E-state index contributed by atoms with van der Waals surface area (Å²) in [5.41, 5.74) is 6.40. The highest BCUT2D eigenvalue weighted by Crippen LogP contribution is 2.43. The number of alkyl halides is 2. The van der Waals surface area contributed by atoms with Crippen molar-refractivity contribution in [2.45, 2.75) is 57.4 Å². The van der Waals surface area contributed by atoms with Crippen LogP contribution in [0.3, 0.4) is 0 Å². The molecular formula is C27H36ClF2N5O5. The predicted octanol–water partition coefficient (Wildman–Crippen LogP) is 2.90. The number of hydrogen-bond donors (Lipinski definition) is 3. The number of carbonyl (C=O) groups is 3. The summed E-state index contributed by atoms with van der Waals surface area (Å²) < 4.78 is 33.0. The van der Waals surface area contributed by atoms with Gasteiger partial charge in [-0.25, -0.2) is 14.6 Å². The summed E-state index contributed by atoms with van der Waals surface area (Å²) in [5.74, 6) is 3.07. The summed E-state index contributed by atoms with van der Waals surface area (Å²) in [4.78, 5) is 42.0. The van der Waals surface area contributed by atoms with Crippen molar-refractivity contribution in [2.24, 2.45) is 23.4 Å². The minimum Gasteiger partial charge on any atom is -0.487 e. The minimum absolute atomic E-state index is 0.0372. The molecule has 1 saturated heterocycles. The van der Waals surface area contributed by atoms with E-state index in [0.29, 0.717) is 61.5 Å². The number of fused-ring (bicyclic) bond motifs is 1. The van der Waals surface area contributed by atoms with E-state index in [2.05, 4.69) is 0 Å². The minimum atomic E-state index is -2.92. The largest absolute Gasteiger partial charge is 0.487 e. The number of rotatable bonds is 9. The third-order valence-corrected chi connectivity index (χ3v) is 8.47. The average Bonchev–Trinajstić information content (AvgIpc) is 3.31. The van der Waals surface area contributed by atoms with Crippen LogP contribution in [0.25, 0.3) is 0 Å². The number of nitrogens with zero attached hydrogens (tertiary/aromatic N) is 3. The van der Waals surface area contributed by atoms with Gasteiger partial charge in [0.25, 0.3) is 6.43 Å². The molecule has 1 aliphatic carbocycles. The van der Waals surface area contributed by atoms with Gasteiger partial charge in [-0.2, -0.15) is 0 Å². The fourth-order valence-corrected chi connectivity index (χ4v) is 6.41. The number of hydrazine groups is 1. The van der Waals surface area contributed by atoms with Crippen LogP contribution in [-0.2, 0) is 20.8 Å². The van der Waals surface area contributed by atoms with Crippen LogP contribution in [0.1, 0.15) is 55.7 Å². The summed E-state index contributed by atoms with van der Waals surface area (Å²) in [5, 5.41) is 11.0. The van der Waals surface area contributed by atoms with Crippen molar-refractivity contribution in [2.75, 3.05) is 33.3 Å². The number of allylic oxidation sites excluding steroid dienone is 1. The van der Waals surface area contributed by atoms with Gasteiger partial charge in [-0.1, -0.05) is 24.4 Å². The number of benzene rings is 1. The van der Waals surface area contributed by atoms with E-state index in [1.54, 1.807) is 21.9 Å². The number of carboxylic acid groups (broad SMARTS) is 1. The molecule has 0 bridgehead atoms. The fourth-order valence-electron chi connectivity index (χ4n) is 6.15. The molecule has 10 nitrogen and oxygen atoms in total. The molecule has 2 aliphatic heterocycles. The second-order valence-corrected chi connectivity index (χ2v) is 11.0. The molecule has 0 radical (unpaired) electrons. The van der Waals surface area contributed by atoms with Crippen molar-refractivity contribution in [3.8, 4) is 5.75 Å². The van der Waals surface area contributed by atoms with E-state index in [9.17, 15) is 28.3 Å². The van der Waals surface area contributed by atoms with Crippen LogP contribution in [0.4, 0.5) is 8.78 Å². The van der Waals surface area contributed by atoms with Gasteiger partial charge in [-0.3, -0.25) is 14.4 Å². The van der Waals surface area contributed by atoms with E-state index in [1.165, 1.54) is 7.05 Å². The Morgan fingerprint density at radius 3 is 2.48 bits per heavy atom. The third kappa shape index (κ3) is 6.12. The monoisotopic (exact) mass is 583 g/mol. The van der Waals surface area contributed by atoms with Gasteiger partial charge in [0, 0.05) is 43.7 Å². The summed E-state index contributed by atoms with van der Waals surface area (Å²) in [7, 11) is 1.25. The molecule has 3 aliphatic rings. The number of likely N-dealkylation sites (tertiary alicyclic amines) is 1. The number of carboxylic acids is 1. The van der Waals surface area contributed by atoms with E-state index >= 15 is 0 Å². The van der Waals surface area contributed by atoms with E-state index in [0.717, 1.165) is 23.4 Å². The molecule has 40 heavy (non-hydrogen) atoms. The zero-order chi connectivity index (χ0) is 29.1. The lowest BCUT2D eigenvalue weighted by Crippen LogP contribution is -2.50. The Bertz CT molecular complexity index is 1170. The fraction of sp³-hybridized carbons (Fsp3) is 0.593. The van der Waals surface area contributed by atoms with Crippen LogP contribution in [0.5, 0.6) is 5.75 Å². The van der Waals surface area contributed by atoms with Crippen molar-refractivity contribution in [1.29, 1.82) is 0 Å². The van der Waals surface area contributed by atoms with Crippen LogP contribution in [0.15, 0.2) is 23.5 Å². The van der Waals surface area contributed by atoms with Crippen LogP contribution >= 0.6 is 11.6 Å². The zero-order valence-electron chi connectivity index (χ0n) is 22.5. The molecular weight excluding hydrogens is 548 g/mol. The first-order chi connectivity index (χ1) is 19.0. The third-order valence-electron chi connectivity index (χ3n) is 8.12. The molecule has 3 unspecified atom stereocenters. The molecule has 220 valence electrons. The van der Waals surface area contributed by atoms with E-state index < -0.39 is 42.6 Å². The molecule has 2 fully saturated rings. The molecule has 0 spiro atoms. The molecule has 4 rings (SSSR count). The Kier molecular flexibility index (Phi) is 9.40. The Hall–Kier alpha value is -3.12. The lowest BCUT2D eigenvalue weighted by atomic mass is 9.77. The van der Waals surface area contributed by atoms with Gasteiger partial charge < -0.3 is 30.4 Å². The molecule has 1 aromatic carbocycles. The van der Waals surface area contributed by atoms with Gasteiger partial charge in [0.2, 0.25) is 11.8 Å². The van der Waals surface area contributed by atoms with E-state index in [4.69, 9.17) is 27.9 Å². The van der Waals surface area contributed by atoms with Crippen LogP contribution in [0, 0.1) is 11.8 Å². The molecule has 0 aromatic heterocycles. The van der Waals surface area contributed by atoms with Gasteiger partial charge in [0.1, 0.15) is 18.1 Å². The first-order valence-corrected chi connectivity index (χ1v) is 13.9. The Labute approximate surface area is 236 Å². The molecule has 1 saturated carbocycles. The molecule has 2 heterocycles. The van der Waals surface area contributed by atoms with E-state index in [1.807, 2.05) is 0 Å². The second kappa shape index (κ2) is 12.6. The maximum absolute atomic E-state index is 14.0. The summed E-state index contributed by atoms with van der Waals surface area (Å²) >= 11 is 6.59. The average molecular weight is 584 g/mol. The summed E-state index contributed by atoms with van der Waals surface area (Å²) in [6, 6.07) is 2.56. The topological polar surface area (TPSA) is 142 Å². The van der Waals surface area contributed by atoms with Crippen LogP contribution in [-0.4, -0.2) is 77.4 Å². The lowest BCUT2D eigenvalue weighted by molar-refractivity contribution is -0.154. The standard InChI is InChI=1S/C27H36ClF2N5O5/c1-33(32)24(25(29)30)19(31)14-40-21-9-8-18(28)17-10-12-35(20(23(17)21)13-34-11-4-7-22(34)36)26(37)15-5-2-3-6-16(15)27(38)39/h8-9,15-16,20,25H,2-7,10-14,31-32H2,1H3,(H,38,39)/b24-19-. The maximum atomic E-state index is 14.0. The number of ether oxygens (including phenoxy) is 1. The van der Waals surface area contributed by atoms with Gasteiger partial charge >= 0.3 is 5.97 Å². The number of amides is 2. The molecule has 2 amide bonds. The zero-order valence-corrected chi connectivity index (χ0v) is 23.2. The van der Waals surface area contributed by atoms with Crippen molar-refractivity contribution in [1.82, 2.24) is 14.8 Å². The summed E-state index contributed by atoms with van der Waals surface area (Å²) in [6.07, 6.45) is 0.962. The number of nitrogens with two attached hydrogens (primary N) is 2. The van der Waals surface area contributed by atoms with Crippen molar-refractivity contribution >= 4 is 29.4 Å². The summed E-state index contributed by atoms with van der Waals surface area (Å²) in [6.45, 7) is 0.598. The van der Waals surface area contributed by atoms with Crippen molar-refractivity contribution in [3.05, 3.63) is 39.7 Å². The molecule has 13 heteroatoms. The number of aliphatic carboxylic acids is 1. The number of carbonyl (C=O) groups excluding carboxylic acids is 2. The number of hydrogen-bond acceptors (Lipinski definition) is 7. The molecule has 1 aromatic rings. The lowest BCUT2D eigenvalue weighted by Gasteiger charge is -2.43. The highest BCUT2D eigenvalue weighted by molar-refractivity contribution is 6.31. The maximum Gasteiger partial charge on any atom is 0.307 e. The Morgan fingerprint density at radius 1 is 1.18 bits per heavy atom. The van der Waals surface area contributed by atoms with Crippen molar-refractivity contribution < 1.29 is 33.0 Å². The molecule has 5 N–H and O–H groups in total. The first kappa shape index (κ1) is 29.9. The van der Waals surface area contributed by atoms with Crippen molar-refractivity contribution in [3.63, 3.8) is 0 Å². The first-order valence-electron chi connectivity index (χ1n) is 13.5. The highest BCUT2D eigenvalue weighted by atomic mass is 35.5. The SMILES string of the molecule is CN(N)/C(=C(\N)COc1ccc(Cl)c2c1C(CN1CCCC1=O)N(C(=O)C1CCCCC1C(=O)O)CC2)C(F)F. The normalized spacial score (nSPS) is 23.6. The van der Waals surface area contributed by atoms with Gasteiger partial charge in [-0.15, -0.1) is 0 Å². The molecule has 3 atom stereocenters. The van der Waals surface area contributed by atoms with Gasteiger partial charge in [-0.05, 0) is 43.4 Å².